The zero-order valence-electron chi connectivity index (χ0n) is 18.0. The fourth-order valence-corrected chi connectivity index (χ4v) is 3.79. The summed E-state index contributed by atoms with van der Waals surface area (Å²) in [6, 6.07) is 12.5. The first kappa shape index (κ1) is 22.4. The summed E-state index contributed by atoms with van der Waals surface area (Å²) < 4.78 is 81.4. The van der Waals surface area contributed by atoms with Crippen LogP contribution in [0.5, 0.6) is 5.75 Å². The molecule has 35 heavy (non-hydrogen) atoms. The molecule has 0 aliphatic heterocycles. The lowest BCUT2D eigenvalue weighted by Crippen LogP contribution is -1.98. The summed E-state index contributed by atoms with van der Waals surface area (Å²) in [5, 5.41) is 0. The maximum absolute atomic E-state index is 14.9. The molecule has 4 nitrogen and oxygen atoms in total. The van der Waals surface area contributed by atoms with Gasteiger partial charge in [-0.2, -0.15) is 0 Å². The molecule has 0 atom stereocenters. The number of hydrogen-bond donors (Lipinski definition) is 1. The van der Waals surface area contributed by atoms with E-state index >= 15 is 0 Å². The van der Waals surface area contributed by atoms with Crippen molar-refractivity contribution in [3.63, 3.8) is 0 Å². The summed E-state index contributed by atoms with van der Waals surface area (Å²) >= 11 is 0. The second kappa shape index (κ2) is 8.43. The maximum atomic E-state index is 14.9. The zero-order valence-corrected chi connectivity index (χ0v) is 18.0. The van der Waals surface area contributed by atoms with E-state index in [2.05, 4.69) is 4.98 Å². The van der Waals surface area contributed by atoms with Gasteiger partial charge in [0.1, 0.15) is 28.7 Å². The van der Waals surface area contributed by atoms with Gasteiger partial charge in [0.15, 0.2) is 17.2 Å². The van der Waals surface area contributed by atoms with E-state index in [1.807, 2.05) is 0 Å². The van der Waals surface area contributed by atoms with Gasteiger partial charge in [0.05, 0.1) is 12.8 Å². The van der Waals surface area contributed by atoms with Gasteiger partial charge in [-0.3, -0.25) is 0 Å². The fourth-order valence-electron chi connectivity index (χ4n) is 3.79. The largest absolute Gasteiger partial charge is 0.496 e. The molecule has 0 radical (unpaired) electrons. The number of rotatable bonds is 4. The fraction of sp³-hybridized carbons (Fsp3) is 0.0385. The Morgan fingerprint density at radius 2 is 1.40 bits per heavy atom. The lowest BCUT2D eigenvalue weighted by molar-refractivity contribution is 0.413. The van der Waals surface area contributed by atoms with E-state index in [-0.39, 0.29) is 33.9 Å². The molecule has 0 fully saturated rings. The van der Waals surface area contributed by atoms with Crippen molar-refractivity contribution in [2.75, 3.05) is 12.8 Å². The van der Waals surface area contributed by atoms with Gasteiger partial charge >= 0.3 is 0 Å². The van der Waals surface area contributed by atoms with Gasteiger partial charge in [-0.05, 0) is 29.8 Å². The molecule has 9 heteroatoms. The van der Waals surface area contributed by atoms with Crippen molar-refractivity contribution < 1.29 is 31.1 Å². The quantitative estimate of drug-likeness (QED) is 0.219. The van der Waals surface area contributed by atoms with E-state index in [0.717, 1.165) is 30.3 Å². The summed E-state index contributed by atoms with van der Waals surface area (Å²) in [7, 11) is 1.34. The number of halogens is 5. The third-order valence-corrected chi connectivity index (χ3v) is 5.52. The van der Waals surface area contributed by atoms with E-state index in [0.29, 0.717) is 16.7 Å². The standard InChI is InChI=1S/C26H15F5N2O2/c1-34-24-10-18(28)15(16-7-21(31)22(32)8-17(16)27)6-14(24)12-3-2-4-13(5-12)26-33-23-9-19(29)20(30)11-25(23)35-26/h2-11H,32H2,1H3. The Morgan fingerprint density at radius 1 is 0.714 bits per heavy atom. The molecule has 1 heterocycles. The highest BCUT2D eigenvalue weighted by molar-refractivity contribution is 5.82. The van der Waals surface area contributed by atoms with Crippen molar-refractivity contribution in [1.82, 2.24) is 4.98 Å². The van der Waals surface area contributed by atoms with Gasteiger partial charge < -0.3 is 14.9 Å². The van der Waals surface area contributed by atoms with Crippen LogP contribution in [0.2, 0.25) is 0 Å². The number of nitrogen functional groups attached to an aromatic ring is 1. The summed E-state index contributed by atoms with van der Waals surface area (Å²) in [6.45, 7) is 0. The van der Waals surface area contributed by atoms with Crippen LogP contribution in [0.15, 0.2) is 65.1 Å². The molecule has 0 spiro atoms. The third-order valence-electron chi connectivity index (χ3n) is 5.52. The molecule has 0 saturated heterocycles. The van der Waals surface area contributed by atoms with Crippen LogP contribution in [0.3, 0.4) is 0 Å². The predicted octanol–water partition coefficient (Wildman–Crippen LogP) is 7.12. The van der Waals surface area contributed by atoms with Crippen LogP contribution in [-0.4, -0.2) is 12.1 Å². The highest BCUT2D eigenvalue weighted by atomic mass is 19.2. The number of nitrogens with two attached hydrogens (primary N) is 1. The average molecular weight is 482 g/mol. The van der Waals surface area contributed by atoms with Gasteiger partial charge in [-0.1, -0.05) is 12.1 Å². The Kier molecular flexibility index (Phi) is 5.39. The molecule has 5 aromatic rings. The normalized spacial score (nSPS) is 11.3. The third kappa shape index (κ3) is 3.95. The first-order valence-corrected chi connectivity index (χ1v) is 10.2. The molecule has 0 unspecified atom stereocenters. The molecule has 0 amide bonds. The Bertz CT molecular complexity index is 1570. The highest BCUT2D eigenvalue weighted by Gasteiger charge is 2.19. The summed E-state index contributed by atoms with van der Waals surface area (Å²) in [4.78, 5) is 4.20. The molecule has 0 aliphatic carbocycles. The van der Waals surface area contributed by atoms with Gasteiger partial charge in [0.2, 0.25) is 5.89 Å². The van der Waals surface area contributed by atoms with Crippen LogP contribution in [0.4, 0.5) is 27.6 Å². The SMILES string of the molecule is COc1cc(F)c(-c2cc(F)c(N)cc2F)cc1-c1cccc(-c2nc3cc(F)c(F)cc3o2)c1. The molecule has 0 aliphatic rings. The van der Waals surface area contributed by atoms with Crippen LogP contribution in [0, 0.1) is 29.1 Å². The minimum atomic E-state index is -1.07. The van der Waals surface area contributed by atoms with Gasteiger partial charge in [-0.25, -0.2) is 26.9 Å². The number of aromatic nitrogens is 1. The Balaban J connectivity index is 1.65. The molecule has 2 N–H and O–H groups in total. The van der Waals surface area contributed by atoms with Gasteiger partial charge in [0, 0.05) is 46.5 Å². The van der Waals surface area contributed by atoms with E-state index in [1.54, 1.807) is 24.3 Å². The number of hydrogen-bond acceptors (Lipinski definition) is 4. The molecule has 0 bridgehead atoms. The number of anilines is 1. The number of nitrogens with zero attached hydrogens (tertiary/aromatic N) is 1. The topological polar surface area (TPSA) is 61.3 Å². The van der Waals surface area contributed by atoms with Crippen LogP contribution >= 0.6 is 0 Å². The second-order valence-corrected chi connectivity index (χ2v) is 7.72. The summed E-state index contributed by atoms with van der Waals surface area (Å²) in [6.07, 6.45) is 0. The summed E-state index contributed by atoms with van der Waals surface area (Å²) in [5.41, 5.74) is 6.03. The van der Waals surface area contributed by atoms with E-state index in [9.17, 15) is 22.0 Å². The maximum Gasteiger partial charge on any atom is 0.227 e. The molecule has 0 saturated carbocycles. The molecular formula is C26H15F5N2O2. The van der Waals surface area contributed by atoms with Gasteiger partial charge in [-0.15, -0.1) is 0 Å². The molecular weight excluding hydrogens is 467 g/mol. The van der Waals surface area contributed by atoms with Crippen LogP contribution in [-0.2, 0) is 0 Å². The predicted molar refractivity (Wildman–Crippen MR) is 121 cm³/mol. The second-order valence-electron chi connectivity index (χ2n) is 7.72. The van der Waals surface area contributed by atoms with E-state index in [1.165, 1.54) is 13.2 Å². The van der Waals surface area contributed by atoms with Crippen molar-refractivity contribution >= 4 is 16.8 Å². The lowest BCUT2D eigenvalue weighted by atomic mass is 9.96. The lowest BCUT2D eigenvalue weighted by Gasteiger charge is -2.14. The number of methoxy groups -OCH3 is 1. The number of oxazole rings is 1. The van der Waals surface area contributed by atoms with E-state index in [4.69, 9.17) is 14.9 Å². The van der Waals surface area contributed by atoms with Crippen LogP contribution < -0.4 is 10.5 Å². The Morgan fingerprint density at radius 3 is 2.17 bits per heavy atom. The van der Waals surface area contributed by atoms with Gasteiger partial charge in [0.25, 0.3) is 0 Å². The molecule has 4 aromatic carbocycles. The van der Waals surface area contributed by atoms with Crippen molar-refractivity contribution in [3.05, 3.63) is 89.7 Å². The van der Waals surface area contributed by atoms with Crippen LogP contribution in [0.1, 0.15) is 0 Å². The Labute approximate surface area is 195 Å². The highest BCUT2D eigenvalue weighted by Crippen LogP contribution is 2.39. The summed E-state index contributed by atoms with van der Waals surface area (Å²) in [5.74, 6) is -4.48. The first-order valence-electron chi connectivity index (χ1n) is 10.2. The van der Waals surface area contributed by atoms with Crippen molar-refractivity contribution in [1.29, 1.82) is 0 Å². The monoisotopic (exact) mass is 482 g/mol. The number of benzene rings is 4. The molecule has 176 valence electrons. The van der Waals surface area contributed by atoms with E-state index < -0.39 is 34.8 Å². The van der Waals surface area contributed by atoms with Crippen molar-refractivity contribution in [3.8, 4) is 39.5 Å². The number of ether oxygens (including phenoxy) is 1. The first-order chi connectivity index (χ1) is 16.7. The number of fused-ring (bicyclic) bond motifs is 1. The molecule has 1 aromatic heterocycles. The Hall–Kier alpha value is -4.40. The average Bonchev–Trinajstić information content (AvgIpc) is 3.24. The molecule has 5 rings (SSSR count). The van der Waals surface area contributed by atoms with Crippen LogP contribution in [0.25, 0.3) is 44.8 Å². The minimum absolute atomic E-state index is 0.0619. The van der Waals surface area contributed by atoms with Crippen molar-refractivity contribution in [2.45, 2.75) is 0 Å². The minimum Gasteiger partial charge on any atom is -0.496 e. The van der Waals surface area contributed by atoms with Crippen molar-refractivity contribution in [2.24, 2.45) is 0 Å². The smallest absolute Gasteiger partial charge is 0.227 e. The zero-order chi connectivity index (χ0) is 24.9.